The van der Waals surface area contributed by atoms with E-state index in [-0.39, 0.29) is 0 Å². The molecule has 74 valence electrons. The van der Waals surface area contributed by atoms with Gasteiger partial charge in [0.25, 0.3) is 0 Å². The molecule has 0 aliphatic rings. The van der Waals surface area contributed by atoms with Crippen LogP contribution in [0.25, 0.3) is 0 Å². The lowest BCUT2D eigenvalue weighted by Gasteiger charge is -2.04. The molecule has 2 aromatic heterocycles. The zero-order valence-electron chi connectivity index (χ0n) is 8.38. The number of aromatic nitrogens is 5. The van der Waals surface area contributed by atoms with Gasteiger partial charge < -0.3 is 9.13 Å². The first-order valence-electron chi connectivity index (χ1n) is 4.64. The van der Waals surface area contributed by atoms with Crippen molar-refractivity contribution in [3.05, 3.63) is 30.4 Å². The highest BCUT2D eigenvalue weighted by Gasteiger charge is 2.04. The second-order valence-corrected chi connectivity index (χ2v) is 3.18. The predicted molar refractivity (Wildman–Crippen MR) is 51.7 cm³/mol. The molecular weight excluding hydrogens is 178 g/mol. The van der Waals surface area contributed by atoms with Gasteiger partial charge in [-0.15, -0.1) is 10.2 Å². The summed E-state index contributed by atoms with van der Waals surface area (Å²) in [5.74, 6) is 2.02. The number of rotatable bonds is 3. The van der Waals surface area contributed by atoms with Gasteiger partial charge in [-0.3, -0.25) is 0 Å². The van der Waals surface area contributed by atoms with Crippen LogP contribution in [-0.4, -0.2) is 24.3 Å². The minimum Gasteiger partial charge on any atom is -0.327 e. The van der Waals surface area contributed by atoms with Crippen LogP contribution in [0.4, 0.5) is 0 Å². The van der Waals surface area contributed by atoms with Crippen molar-refractivity contribution in [2.45, 2.75) is 19.9 Å². The van der Waals surface area contributed by atoms with Crippen molar-refractivity contribution in [3.63, 3.8) is 0 Å². The summed E-state index contributed by atoms with van der Waals surface area (Å²) in [7, 11) is 1.94. The Kier molecular flexibility index (Phi) is 2.30. The Morgan fingerprint density at radius 1 is 1.36 bits per heavy atom. The van der Waals surface area contributed by atoms with Gasteiger partial charge in [-0.05, 0) is 0 Å². The molecule has 2 rings (SSSR count). The molecule has 0 saturated carbocycles. The maximum absolute atomic E-state index is 4.25. The van der Waals surface area contributed by atoms with Crippen molar-refractivity contribution < 1.29 is 0 Å². The van der Waals surface area contributed by atoms with Gasteiger partial charge in [0.15, 0.2) is 5.82 Å². The smallest absolute Gasteiger partial charge is 0.152 e. The van der Waals surface area contributed by atoms with E-state index in [9.17, 15) is 0 Å². The van der Waals surface area contributed by atoms with Gasteiger partial charge in [-0.2, -0.15) is 0 Å². The zero-order chi connectivity index (χ0) is 9.97. The van der Waals surface area contributed by atoms with Gasteiger partial charge in [0.2, 0.25) is 0 Å². The van der Waals surface area contributed by atoms with Gasteiger partial charge >= 0.3 is 0 Å². The molecular formula is C9H13N5. The van der Waals surface area contributed by atoms with Gasteiger partial charge in [0.05, 0.1) is 6.54 Å². The SMILES string of the molecule is CCc1nccn1Cc1nncn1C. The van der Waals surface area contributed by atoms with E-state index in [4.69, 9.17) is 0 Å². The molecule has 5 heteroatoms. The van der Waals surface area contributed by atoms with Crippen LogP contribution in [0.3, 0.4) is 0 Å². The van der Waals surface area contributed by atoms with E-state index in [2.05, 4.69) is 26.7 Å². The van der Waals surface area contributed by atoms with Gasteiger partial charge in [-0.1, -0.05) is 6.92 Å². The van der Waals surface area contributed by atoms with Crippen molar-refractivity contribution in [3.8, 4) is 0 Å². The average Bonchev–Trinajstić information content (AvgIpc) is 2.77. The molecule has 2 heterocycles. The van der Waals surface area contributed by atoms with Gasteiger partial charge in [0, 0.05) is 25.9 Å². The molecule has 0 radical (unpaired) electrons. The lowest BCUT2D eigenvalue weighted by Crippen LogP contribution is -2.07. The van der Waals surface area contributed by atoms with Crippen LogP contribution in [0.15, 0.2) is 18.7 Å². The zero-order valence-corrected chi connectivity index (χ0v) is 8.38. The summed E-state index contributed by atoms with van der Waals surface area (Å²) in [6.45, 7) is 2.83. The maximum Gasteiger partial charge on any atom is 0.152 e. The fraction of sp³-hybridized carbons (Fsp3) is 0.444. The third-order valence-electron chi connectivity index (χ3n) is 2.23. The van der Waals surface area contributed by atoms with Crippen LogP contribution in [-0.2, 0) is 20.0 Å². The first-order valence-corrected chi connectivity index (χ1v) is 4.64. The average molecular weight is 191 g/mol. The molecule has 0 unspecified atom stereocenters. The van der Waals surface area contributed by atoms with Crippen molar-refractivity contribution in [1.82, 2.24) is 24.3 Å². The summed E-state index contributed by atoms with van der Waals surface area (Å²) >= 11 is 0. The molecule has 14 heavy (non-hydrogen) atoms. The van der Waals surface area contributed by atoms with Crippen LogP contribution in [0, 0.1) is 0 Å². The minimum absolute atomic E-state index is 0.736. The molecule has 0 aliphatic carbocycles. The Hall–Kier alpha value is -1.65. The Labute approximate surface area is 82.4 Å². The van der Waals surface area contributed by atoms with Crippen LogP contribution < -0.4 is 0 Å². The predicted octanol–water partition coefficient (Wildman–Crippen LogP) is 0.622. The quantitative estimate of drug-likeness (QED) is 0.714. The largest absolute Gasteiger partial charge is 0.327 e. The summed E-state index contributed by atoms with van der Waals surface area (Å²) in [6.07, 6.45) is 6.42. The summed E-state index contributed by atoms with van der Waals surface area (Å²) in [5, 5.41) is 7.87. The second kappa shape index (κ2) is 3.61. The molecule has 0 spiro atoms. The number of hydrogen-bond donors (Lipinski definition) is 0. The molecule has 0 fully saturated rings. The summed E-state index contributed by atoms with van der Waals surface area (Å²) in [4.78, 5) is 4.25. The molecule has 0 bridgehead atoms. The first kappa shape index (κ1) is 8.93. The highest BCUT2D eigenvalue weighted by atomic mass is 15.3. The first-order chi connectivity index (χ1) is 6.81. The summed E-state index contributed by atoms with van der Waals surface area (Å²) in [5.41, 5.74) is 0. The maximum atomic E-state index is 4.25. The lowest BCUT2D eigenvalue weighted by molar-refractivity contribution is 0.665. The normalized spacial score (nSPS) is 10.7. The van der Waals surface area contributed by atoms with E-state index in [0.29, 0.717) is 0 Å². The van der Waals surface area contributed by atoms with Crippen LogP contribution in [0.1, 0.15) is 18.6 Å². The van der Waals surface area contributed by atoms with Crippen molar-refractivity contribution in [2.24, 2.45) is 7.05 Å². The summed E-state index contributed by atoms with van der Waals surface area (Å²) in [6, 6.07) is 0. The van der Waals surface area contributed by atoms with Crippen molar-refractivity contribution in [2.75, 3.05) is 0 Å². The number of imidazole rings is 1. The van der Waals surface area contributed by atoms with E-state index in [1.165, 1.54) is 0 Å². The van der Waals surface area contributed by atoms with E-state index in [1.807, 2.05) is 24.0 Å². The van der Waals surface area contributed by atoms with Crippen LogP contribution >= 0.6 is 0 Å². The Balaban J connectivity index is 2.22. The van der Waals surface area contributed by atoms with E-state index in [0.717, 1.165) is 24.6 Å². The molecule has 2 aromatic rings. The van der Waals surface area contributed by atoms with Gasteiger partial charge in [-0.25, -0.2) is 4.98 Å². The molecule has 0 aromatic carbocycles. The monoisotopic (exact) mass is 191 g/mol. The highest BCUT2D eigenvalue weighted by molar-refractivity contribution is 4.96. The standard InChI is InChI=1S/C9H13N5/c1-3-8-10-4-5-14(8)6-9-12-11-7-13(9)2/h4-5,7H,3,6H2,1-2H3. The third-order valence-corrected chi connectivity index (χ3v) is 2.23. The Morgan fingerprint density at radius 2 is 2.21 bits per heavy atom. The van der Waals surface area contributed by atoms with Crippen LogP contribution in [0.2, 0.25) is 0 Å². The molecule has 0 amide bonds. The molecule has 0 atom stereocenters. The van der Waals surface area contributed by atoms with E-state index in [1.54, 1.807) is 6.33 Å². The number of aryl methyl sites for hydroxylation is 2. The summed E-state index contributed by atoms with van der Waals surface area (Å²) < 4.78 is 4.00. The minimum atomic E-state index is 0.736. The highest BCUT2D eigenvalue weighted by Crippen LogP contribution is 2.02. The molecule has 0 aliphatic heterocycles. The third kappa shape index (κ3) is 1.53. The molecule has 5 nitrogen and oxygen atoms in total. The molecule has 0 saturated heterocycles. The number of nitrogens with zero attached hydrogens (tertiary/aromatic N) is 5. The Bertz CT molecular complexity index is 414. The van der Waals surface area contributed by atoms with E-state index >= 15 is 0 Å². The fourth-order valence-electron chi connectivity index (χ4n) is 1.40. The van der Waals surface area contributed by atoms with Gasteiger partial charge in [0.1, 0.15) is 12.2 Å². The lowest BCUT2D eigenvalue weighted by atomic mass is 10.4. The van der Waals surface area contributed by atoms with Crippen molar-refractivity contribution in [1.29, 1.82) is 0 Å². The van der Waals surface area contributed by atoms with Crippen molar-refractivity contribution >= 4 is 0 Å². The number of hydrogen-bond acceptors (Lipinski definition) is 3. The fourth-order valence-corrected chi connectivity index (χ4v) is 1.40. The molecule has 0 N–H and O–H groups in total. The van der Waals surface area contributed by atoms with Crippen LogP contribution in [0.5, 0.6) is 0 Å². The topological polar surface area (TPSA) is 48.5 Å². The van der Waals surface area contributed by atoms with E-state index < -0.39 is 0 Å². The Morgan fingerprint density at radius 3 is 2.86 bits per heavy atom. The second-order valence-electron chi connectivity index (χ2n) is 3.18.